The lowest BCUT2D eigenvalue weighted by atomic mass is 10.0. The molecule has 0 spiro atoms. The van der Waals surface area contributed by atoms with Crippen LogP contribution in [0.25, 0.3) is 23.1 Å². The number of fused-ring (bicyclic) bond motifs is 1. The van der Waals surface area contributed by atoms with Crippen LogP contribution < -0.4 is 5.43 Å². The standard InChI is InChI=1S/C19H16O4S/c1-2-4-14-16(9-7-13-5-3-10-24-13)23-17-8-6-12(19(21)22)11-15(17)18(14)20/h3,5-11H,2,4H2,1H3,(H,21,22). The van der Waals surface area contributed by atoms with E-state index < -0.39 is 5.97 Å². The van der Waals surface area contributed by atoms with Crippen molar-refractivity contribution in [3.8, 4) is 0 Å². The van der Waals surface area contributed by atoms with Gasteiger partial charge in [-0.25, -0.2) is 4.79 Å². The van der Waals surface area contributed by atoms with E-state index in [4.69, 9.17) is 9.52 Å². The molecule has 4 nitrogen and oxygen atoms in total. The van der Waals surface area contributed by atoms with E-state index in [0.717, 1.165) is 11.3 Å². The molecule has 0 saturated carbocycles. The summed E-state index contributed by atoms with van der Waals surface area (Å²) >= 11 is 1.60. The molecule has 0 unspecified atom stereocenters. The highest BCUT2D eigenvalue weighted by Gasteiger charge is 2.14. The predicted molar refractivity (Wildman–Crippen MR) is 96.7 cm³/mol. The largest absolute Gasteiger partial charge is 0.478 e. The number of hydrogen-bond acceptors (Lipinski definition) is 4. The van der Waals surface area contributed by atoms with Crippen molar-refractivity contribution in [2.75, 3.05) is 0 Å². The second kappa shape index (κ2) is 6.84. The second-order valence-corrected chi connectivity index (χ2v) is 6.37. The summed E-state index contributed by atoms with van der Waals surface area (Å²) in [5.74, 6) is -0.527. The topological polar surface area (TPSA) is 67.5 Å². The molecule has 0 aliphatic rings. The highest BCUT2D eigenvalue weighted by Crippen LogP contribution is 2.21. The van der Waals surface area contributed by atoms with Crippen molar-refractivity contribution in [3.63, 3.8) is 0 Å². The summed E-state index contributed by atoms with van der Waals surface area (Å²) in [4.78, 5) is 25.0. The maximum atomic E-state index is 12.8. The first kappa shape index (κ1) is 16.2. The fraction of sp³-hybridized carbons (Fsp3) is 0.158. The van der Waals surface area contributed by atoms with Crippen LogP contribution in [0.5, 0.6) is 0 Å². The molecule has 122 valence electrons. The molecule has 0 fully saturated rings. The zero-order valence-electron chi connectivity index (χ0n) is 13.1. The number of benzene rings is 1. The van der Waals surface area contributed by atoms with Crippen LogP contribution in [-0.4, -0.2) is 11.1 Å². The predicted octanol–water partition coefficient (Wildman–Crippen LogP) is 4.68. The molecule has 0 atom stereocenters. The summed E-state index contributed by atoms with van der Waals surface area (Å²) in [7, 11) is 0. The van der Waals surface area contributed by atoms with Gasteiger partial charge in [-0.05, 0) is 48.2 Å². The molecule has 0 aliphatic heterocycles. The molecule has 0 amide bonds. The third-order valence-electron chi connectivity index (χ3n) is 3.70. The molecular weight excluding hydrogens is 324 g/mol. The molecule has 24 heavy (non-hydrogen) atoms. The third kappa shape index (κ3) is 3.16. The Labute approximate surface area is 142 Å². The lowest BCUT2D eigenvalue weighted by Gasteiger charge is -2.07. The van der Waals surface area contributed by atoms with Gasteiger partial charge in [0, 0.05) is 10.4 Å². The van der Waals surface area contributed by atoms with Gasteiger partial charge in [0.05, 0.1) is 10.9 Å². The normalized spacial score (nSPS) is 11.4. The highest BCUT2D eigenvalue weighted by molar-refractivity contribution is 7.10. The zero-order chi connectivity index (χ0) is 17.1. The van der Waals surface area contributed by atoms with Gasteiger partial charge in [0.2, 0.25) is 0 Å². The van der Waals surface area contributed by atoms with Gasteiger partial charge in [0.1, 0.15) is 11.3 Å². The molecule has 2 aromatic heterocycles. The second-order valence-electron chi connectivity index (χ2n) is 5.39. The SMILES string of the molecule is CCCc1c(C=Cc2cccs2)oc2ccc(C(=O)O)cc2c1=O. The van der Waals surface area contributed by atoms with E-state index in [1.165, 1.54) is 12.1 Å². The summed E-state index contributed by atoms with van der Waals surface area (Å²) in [6.45, 7) is 1.99. The molecule has 5 heteroatoms. The van der Waals surface area contributed by atoms with Crippen molar-refractivity contribution >= 4 is 40.4 Å². The first-order valence-electron chi connectivity index (χ1n) is 7.64. The minimum absolute atomic E-state index is 0.0825. The van der Waals surface area contributed by atoms with E-state index in [-0.39, 0.29) is 11.0 Å². The number of carboxylic acids is 1. The van der Waals surface area contributed by atoms with Gasteiger partial charge >= 0.3 is 5.97 Å². The lowest BCUT2D eigenvalue weighted by molar-refractivity contribution is 0.0697. The van der Waals surface area contributed by atoms with E-state index in [2.05, 4.69) is 0 Å². The number of rotatable bonds is 5. The van der Waals surface area contributed by atoms with Crippen LogP contribution >= 0.6 is 11.3 Å². The Balaban J connectivity index is 2.18. The number of carbonyl (C=O) groups is 1. The average molecular weight is 340 g/mol. The lowest BCUT2D eigenvalue weighted by Crippen LogP contribution is -2.12. The molecule has 3 rings (SSSR count). The van der Waals surface area contributed by atoms with Crippen LogP contribution in [0.1, 0.15) is 39.9 Å². The Kier molecular flexibility index (Phi) is 4.62. The van der Waals surface area contributed by atoms with Gasteiger partial charge in [0.15, 0.2) is 5.43 Å². The Morgan fingerprint density at radius 3 is 2.79 bits per heavy atom. The quantitative estimate of drug-likeness (QED) is 0.732. The fourth-order valence-electron chi connectivity index (χ4n) is 2.55. The van der Waals surface area contributed by atoms with Gasteiger partial charge in [0.25, 0.3) is 0 Å². The van der Waals surface area contributed by atoms with Gasteiger partial charge in [-0.15, -0.1) is 11.3 Å². The molecule has 0 bridgehead atoms. The van der Waals surface area contributed by atoms with Crippen LogP contribution in [0, 0.1) is 0 Å². The molecule has 1 aromatic carbocycles. The molecule has 0 radical (unpaired) electrons. The average Bonchev–Trinajstić information content (AvgIpc) is 3.09. The van der Waals surface area contributed by atoms with Crippen LogP contribution in [0.3, 0.4) is 0 Å². The number of aromatic carboxylic acids is 1. The molecule has 2 heterocycles. The summed E-state index contributed by atoms with van der Waals surface area (Å²) in [6, 6.07) is 8.31. The number of hydrogen-bond donors (Lipinski definition) is 1. The van der Waals surface area contributed by atoms with Crippen molar-refractivity contribution in [2.24, 2.45) is 0 Å². The van der Waals surface area contributed by atoms with Crippen molar-refractivity contribution in [1.82, 2.24) is 0 Å². The Bertz CT molecular complexity index is 965. The smallest absolute Gasteiger partial charge is 0.335 e. The zero-order valence-corrected chi connectivity index (χ0v) is 13.9. The van der Waals surface area contributed by atoms with Crippen molar-refractivity contribution in [1.29, 1.82) is 0 Å². The van der Waals surface area contributed by atoms with Crippen molar-refractivity contribution in [3.05, 3.63) is 67.7 Å². The van der Waals surface area contributed by atoms with Gasteiger partial charge in [-0.2, -0.15) is 0 Å². The van der Waals surface area contributed by atoms with Crippen molar-refractivity contribution in [2.45, 2.75) is 19.8 Å². The molecule has 0 saturated heterocycles. The molecular formula is C19H16O4S. The summed E-state index contributed by atoms with van der Waals surface area (Å²) in [5.41, 5.74) is 0.905. The van der Waals surface area contributed by atoms with Crippen LogP contribution in [0.15, 0.2) is 44.9 Å². The van der Waals surface area contributed by atoms with Gasteiger partial charge in [-0.1, -0.05) is 19.4 Å². The monoisotopic (exact) mass is 340 g/mol. The summed E-state index contributed by atoms with van der Waals surface area (Å²) < 4.78 is 5.88. The maximum absolute atomic E-state index is 12.8. The van der Waals surface area contributed by atoms with E-state index in [1.807, 2.05) is 36.6 Å². The molecule has 3 aromatic rings. The van der Waals surface area contributed by atoms with Gasteiger partial charge < -0.3 is 9.52 Å². The summed E-state index contributed by atoms with van der Waals surface area (Å²) in [5, 5.41) is 11.4. The minimum Gasteiger partial charge on any atom is -0.478 e. The Morgan fingerprint density at radius 2 is 2.12 bits per heavy atom. The third-order valence-corrected chi connectivity index (χ3v) is 4.54. The Hall–Kier alpha value is -2.66. The van der Waals surface area contributed by atoms with Crippen molar-refractivity contribution < 1.29 is 14.3 Å². The number of thiophene rings is 1. The number of carboxylic acid groups (broad SMARTS) is 1. The Morgan fingerprint density at radius 1 is 1.29 bits per heavy atom. The van der Waals surface area contributed by atoms with E-state index in [1.54, 1.807) is 17.4 Å². The highest BCUT2D eigenvalue weighted by atomic mass is 32.1. The molecule has 1 N–H and O–H groups in total. The van der Waals surface area contributed by atoms with E-state index in [9.17, 15) is 9.59 Å². The first-order valence-corrected chi connectivity index (χ1v) is 8.52. The van der Waals surface area contributed by atoms with Gasteiger partial charge in [-0.3, -0.25) is 4.79 Å². The fourth-order valence-corrected chi connectivity index (χ4v) is 3.17. The van der Waals surface area contributed by atoms with E-state index >= 15 is 0 Å². The minimum atomic E-state index is -1.06. The van der Waals surface area contributed by atoms with Crippen LogP contribution in [0.4, 0.5) is 0 Å². The summed E-state index contributed by atoms with van der Waals surface area (Å²) in [6.07, 6.45) is 5.11. The van der Waals surface area contributed by atoms with E-state index in [0.29, 0.717) is 28.7 Å². The molecule has 0 aliphatic carbocycles. The maximum Gasteiger partial charge on any atom is 0.335 e. The van der Waals surface area contributed by atoms with Crippen LogP contribution in [0.2, 0.25) is 0 Å². The van der Waals surface area contributed by atoms with Crippen LogP contribution in [-0.2, 0) is 6.42 Å². The first-order chi connectivity index (χ1) is 11.6.